The molecule has 0 fully saturated rings. The highest BCUT2D eigenvalue weighted by Gasteiger charge is 2.10. The van der Waals surface area contributed by atoms with Gasteiger partial charge in [0.2, 0.25) is 0 Å². The van der Waals surface area contributed by atoms with Crippen LogP contribution >= 0.6 is 11.3 Å². The molecule has 2 aromatic heterocycles. The number of rotatable bonds is 4. The molecule has 0 spiro atoms. The smallest absolute Gasteiger partial charge is 0.143 e. The molecule has 0 saturated heterocycles. The molecule has 80 valence electrons. The fourth-order valence-electron chi connectivity index (χ4n) is 1.42. The van der Waals surface area contributed by atoms with Crippen molar-refractivity contribution in [2.24, 2.45) is 0 Å². The van der Waals surface area contributed by atoms with E-state index in [9.17, 15) is 0 Å². The summed E-state index contributed by atoms with van der Waals surface area (Å²) < 4.78 is 0. The average Bonchev–Trinajstić information content (AvgIpc) is 2.69. The summed E-state index contributed by atoms with van der Waals surface area (Å²) in [4.78, 5) is 9.88. The van der Waals surface area contributed by atoms with E-state index < -0.39 is 0 Å². The van der Waals surface area contributed by atoms with Crippen LogP contribution in [0.4, 0.5) is 0 Å². The number of nitrogens with one attached hydrogen (secondary N) is 1. The minimum atomic E-state index is 0.323. The SMILES string of the molecule is CCCNC(C)c1nc2cccnc2s1. The lowest BCUT2D eigenvalue weighted by Gasteiger charge is -2.08. The standard InChI is InChI=1S/C11H15N3S/c1-3-6-12-8(2)10-14-9-5-4-7-13-11(9)15-10/h4-5,7-8,12H,3,6H2,1-2H3. The van der Waals surface area contributed by atoms with Crippen molar-refractivity contribution in [1.82, 2.24) is 15.3 Å². The molecule has 0 aromatic carbocycles. The van der Waals surface area contributed by atoms with Crippen LogP contribution in [0, 0.1) is 0 Å². The number of hydrogen-bond donors (Lipinski definition) is 1. The van der Waals surface area contributed by atoms with Gasteiger partial charge in [0.05, 0.1) is 6.04 Å². The maximum atomic E-state index is 4.56. The zero-order valence-corrected chi connectivity index (χ0v) is 9.84. The summed E-state index contributed by atoms with van der Waals surface area (Å²) in [6.07, 6.45) is 2.96. The van der Waals surface area contributed by atoms with E-state index in [-0.39, 0.29) is 0 Å². The Kier molecular flexibility index (Phi) is 3.28. The molecule has 2 rings (SSSR count). The molecule has 2 aromatic rings. The summed E-state index contributed by atoms with van der Waals surface area (Å²) >= 11 is 1.67. The molecule has 3 nitrogen and oxygen atoms in total. The van der Waals surface area contributed by atoms with E-state index in [4.69, 9.17) is 0 Å². The van der Waals surface area contributed by atoms with Crippen molar-refractivity contribution < 1.29 is 0 Å². The van der Waals surface area contributed by atoms with Crippen molar-refractivity contribution in [3.8, 4) is 0 Å². The first-order valence-electron chi connectivity index (χ1n) is 5.26. The summed E-state index contributed by atoms with van der Waals surface area (Å²) in [7, 11) is 0. The second-order valence-corrected chi connectivity index (χ2v) is 4.56. The van der Waals surface area contributed by atoms with Crippen LogP contribution in [0.15, 0.2) is 18.3 Å². The maximum absolute atomic E-state index is 4.56. The molecule has 0 bridgehead atoms. The van der Waals surface area contributed by atoms with Gasteiger partial charge in [-0.15, -0.1) is 0 Å². The van der Waals surface area contributed by atoms with Gasteiger partial charge in [-0.2, -0.15) is 0 Å². The van der Waals surface area contributed by atoms with Gasteiger partial charge in [-0.05, 0) is 32.0 Å². The van der Waals surface area contributed by atoms with Crippen LogP contribution in [-0.4, -0.2) is 16.5 Å². The Hall–Kier alpha value is -1.00. The lowest BCUT2D eigenvalue weighted by molar-refractivity contribution is 0.569. The highest BCUT2D eigenvalue weighted by atomic mass is 32.1. The van der Waals surface area contributed by atoms with Gasteiger partial charge in [0.1, 0.15) is 15.4 Å². The summed E-state index contributed by atoms with van der Waals surface area (Å²) in [6, 6.07) is 4.26. The highest BCUT2D eigenvalue weighted by Crippen LogP contribution is 2.24. The van der Waals surface area contributed by atoms with E-state index in [1.54, 1.807) is 11.3 Å². The lowest BCUT2D eigenvalue weighted by Crippen LogP contribution is -2.18. The number of pyridine rings is 1. The quantitative estimate of drug-likeness (QED) is 0.862. The normalized spacial score (nSPS) is 13.2. The van der Waals surface area contributed by atoms with E-state index in [2.05, 4.69) is 29.1 Å². The Morgan fingerprint density at radius 1 is 1.53 bits per heavy atom. The molecule has 1 unspecified atom stereocenters. The lowest BCUT2D eigenvalue weighted by atomic mass is 10.3. The summed E-state index contributed by atoms with van der Waals surface area (Å²) in [6.45, 7) is 5.34. The van der Waals surface area contributed by atoms with Gasteiger partial charge in [-0.25, -0.2) is 9.97 Å². The molecule has 15 heavy (non-hydrogen) atoms. The fourth-order valence-corrected chi connectivity index (χ4v) is 2.35. The van der Waals surface area contributed by atoms with Crippen LogP contribution in [0.25, 0.3) is 10.3 Å². The Morgan fingerprint density at radius 3 is 3.13 bits per heavy atom. The van der Waals surface area contributed by atoms with E-state index in [0.717, 1.165) is 28.3 Å². The van der Waals surface area contributed by atoms with E-state index in [1.165, 1.54) is 0 Å². The Balaban J connectivity index is 2.20. The maximum Gasteiger partial charge on any atom is 0.143 e. The molecule has 0 aliphatic carbocycles. The van der Waals surface area contributed by atoms with Gasteiger partial charge in [-0.1, -0.05) is 18.3 Å². The topological polar surface area (TPSA) is 37.8 Å². The summed E-state index contributed by atoms with van der Waals surface area (Å²) in [5.41, 5.74) is 1.00. The minimum absolute atomic E-state index is 0.323. The molecule has 0 aliphatic heterocycles. The zero-order chi connectivity index (χ0) is 10.7. The minimum Gasteiger partial charge on any atom is -0.308 e. The van der Waals surface area contributed by atoms with E-state index in [1.807, 2.05) is 18.3 Å². The van der Waals surface area contributed by atoms with Gasteiger partial charge < -0.3 is 5.32 Å². The van der Waals surface area contributed by atoms with Crippen LogP contribution in [-0.2, 0) is 0 Å². The first-order valence-corrected chi connectivity index (χ1v) is 6.07. The third-order valence-electron chi connectivity index (χ3n) is 2.25. The van der Waals surface area contributed by atoms with Gasteiger partial charge in [-0.3, -0.25) is 0 Å². The van der Waals surface area contributed by atoms with Crippen molar-refractivity contribution in [2.75, 3.05) is 6.54 Å². The average molecular weight is 221 g/mol. The molecule has 4 heteroatoms. The third kappa shape index (κ3) is 2.33. The Labute approximate surface area is 93.6 Å². The van der Waals surface area contributed by atoms with Crippen LogP contribution in [0.3, 0.4) is 0 Å². The van der Waals surface area contributed by atoms with Crippen molar-refractivity contribution >= 4 is 21.7 Å². The van der Waals surface area contributed by atoms with Crippen LogP contribution in [0.5, 0.6) is 0 Å². The Bertz CT molecular complexity index is 405. The predicted octanol–water partition coefficient (Wildman–Crippen LogP) is 2.75. The third-order valence-corrected chi connectivity index (χ3v) is 3.42. The Morgan fingerprint density at radius 2 is 2.40 bits per heavy atom. The largest absolute Gasteiger partial charge is 0.308 e. The van der Waals surface area contributed by atoms with Crippen molar-refractivity contribution in [3.63, 3.8) is 0 Å². The molecule has 1 N–H and O–H groups in total. The molecule has 0 amide bonds. The van der Waals surface area contributed by atoms with E-state index in [0.29, 0.717) is 6.04 Å². The molecular formula is C11H15N3S. The molecule has 0 aliphatic rings. The first-order chi connectivity index (χ1) is 7.31. The van der Waals surface area contributed by atoms with Gasteiger partial charge >= 0.3 is 0 Å². The van der Waals surface area contributed by atoms with Crippen molar-refractivity contribution in [2.45, 2.75) is 26.3 Å². The monoisotopic (exact) mass is 221 g/mol. The molecule has 2 heterocycles. The van der Waals surface area contributed by atoms with Crippen molar-refractivity contribution in [3.05, 3.63) is 23.3 Å². The molecular weight excluding hydrogens is 206 g/mol. The number of fused-ring (bicyclic) bond motifs is 1. The van der Waals surface area contributed by atoms with Crippen LogP contribution < -0.4 is 5.32 Å². The zero-order valence-electron chi connectivity index (χ0n) is 9.03. The fraction of sp³-hybridized carbons (Fsp3) is 0.455. The predicted molar refractivity (Wildman–Crippen MR) is 64.1 cm³/mol. The first kappa shape index (κ1) is 10.5. The van der Waals surface area contributed by atoms with Crippen LogP contribution in [0.2, 0.25) is 0 Å². The number of nitrogens with zero attached hydrogens (tertiary/aromatic N) is 2. The van der Waals surface area contributed by atoms with Gasteiger partial charge in [0.15, 0.2) is 0 Å². The number of hydrogen-bond acceptors (Lipinski definition) is 4. The van der Waals surface area contributed by atoms with Gasteiger partial charge in [0.25, 0.3) is 0 Å². The molecule has 0 radical (unpaired) electrons. The number of thiazole rings is 1. The highest BCUT2D eigenvalue weighted by molar-refractivity contribution is 7.18. The molecule has 0 saturated carbocycles. The van der Waals surface area contributed by atoms with Crippen LogP contribution in [0.1, 0.15) is 31.3 Å². The second kappa shape index (κ2) is 4.68. The summed E-state index contributed by atoms with van der Waals surface area (Å²) in [5.74, 6) is 0. The second-order valence-electron chi connectivity index (χ2n) is 3.56. The van der Waals surface area contributed by atoms with Gasteiger partial charge in [0, 0.05) is 6.20 Å². The number of aromatic nitrogens is 2. The summed E-state index contributed by atoms with van der Waals surface area (Å²) in [5, 5.41) is 4.55. The van der Waals surface area contributed by atoms with E-state index >= 15 is 0 Å². The molecule has 1 atom stereocenters. The van der Waals surface area contributed by atoms with Crippen molar-refractivity contribution in [1.29, 1.82) is 0 Å².